The first kappa shape index (κ1) is 12.2. The minimum absolute atomic E-state index is 0.197. The zero-order chi connectivity index (χ0) is 13.2. The summed E-state index contributed by atoms with van der Waals surface area (Å²) in [5.74, 6) is 0.899. The summed E-state index contributed by atoms with van der Waals surface area (Å²) in [5.41, 5.74) is 10.6. The highest BCUT2D eigenvalue weighted by molar-refractivity contribution is 5.40. The van der Waals surface area contributed by atoms with Gasteiger partial charge in [0, 0.05) is 11.7 Å². The molecule has 0 spiro atoms. The fourth-order valence-corrected chi connectivity index (χ4v) is 2.55. The van der Waals surface area contributed by atoms with Crippen molar-refractivity contribution >= 4 is 0 Å². The molecule has 0 radical (unpaired) electrons. The zero-order valence-electron chi connectivity index (χ0n) is 11.1. The molecule has 1 aliphatic rings. The molecule has 1 heterocycles. The predicted octanol–water partition coefficient (Wildman–Crippen LogP) is 2.92. The van der Waals surface area contributed by atoms with Crippen LogP contribution in [-0.2, 0) is 13.0 Å². The van der Waals surface area contributed by atoms with Crippen molar-refractivity contribution in [2.75, 3.05) is 0 Å². The van der Waals surface area contributed by atoms with E-state index in [4.69, 9.17) is 10.5 Å². The maximum atomic E-state index is 6.03. The second-order valence-corrected chi connectivity index (χ2v) is 5.06. The van der Waals surface area contributed by atoms with Crippen molar-refractivity contribution in [2.45, 2.75) is 32.4 Å². The molecule has 98 valence electrons. The van der Waals surface area contributed by atoms with Crippen molar-refractivity contribution in [1.82, 2.24) is 4.98 Å². The second-order valence-electron chi connectivity index (χ2n) is 5.06. The van der Waals surface area contributed by atoms with Crippen molar-refractivity contribution in [3.63, 3.8) is 0 Å². The average Bonchev–Trinajstić information content (AvgIpc) is 2.78. The first-order chi connectivity index (χ1) is 9.22. The van der Waals surface area contributed by atoms with Crippen LogP contribution in [0.2, 0.25) is 0 Å². The Kier molecular flexibility index (Phi) is 3.22. The van der Waals surface area contributed by atoms with E-state index >= 15 is 0 Å². The lowest BCUT2D eigenvalue weighted by Gasteiger charge is -2.09. The van der Waals surface area contributed by atoms with Crippen LogP contribution in [0.1, 0.15) is 35.0 Å². The Morgan fingerprint density at radius 1 is 1.32 bits per heavy atom. The van der Waals surface area contributed by atoms with Crippen LogP contribution in [0, 0.1) is 6.92 Å². The summed E-state index contributed by atoms with van der Waals surface area (Å²) in [6.07, 6.45) is 2.09. The number of aromatic nitrogens is 1. The third kappa shape index (κ3) is 2.61. The van der Waals surface area contributed by atoms with Crippen LogP contribution in [0.3, 0.4) is 0 Å². The Labute approximate surface area is 113 Å². The van der Waals surface area contributed by atoms with Crippen molar-refractivity contribution in [3.05, 3.63) is 58.9 Å². The van der Waals surface area contributed by atoms with E-state index < -0.39 is 0 Å². The van der Waals surface area contributed by atoms with Crippen molar-refractivity contribution in [2.24, 2.45) is 5.73 Å². The highest BCUT2D eigenvalue weighted by Crippen LogP contribution is 2.31. The molecule has 19 heavy (non-hydrogen) atoms. The Morgan fingerprint density at radius 2 is 2.21 bits per heavy atom. The molecule has 3 heteroatoms. The number of nitrogens with two attached hydrogens (primary N) is 1. The van der Waals surface area contributed by atoms with Gasteiger partial charge in [-0.1, -0.05) is 12.1 Å². The minimum atomic E-state index is 0.197. The topological polar surface area (TPSA) is 48.1 Å². The van der Waals surface area contributed by atoms with Crippen LogP contribution >= 0.6 is 0 Å². The van der Waals surface area contributed by atoms with Gasteiger partial charge in [0.15, 0.2) is 0 Å². The Balaban J connectivity index is 1.71. The molecule has 0 amide bonds. The summed E-state index contributed by atoms with van der Waals surface area (Å²) in [4.78, 5) is 4.43. The number of pyridine rings is 1. The van der Waals surface area contributed by atoms with Gasteiger partial charge in [-0.15, -0.1) is 0 Å². The fraction of sp³-hybridized carbons (Fsp3) is 0.312. The first-order valence-corrected chi connectivity index (χ1v) is 6.66. The highest BCUT2D eigenvalue weighted by Gasteiger charge is 2.19. The van der Waals surface area contributed by atoms with Crippen LogP contribution in [-0.4, -0.2) is 4.98 Å². The molecule has 1 atom stereocenters. The van der Waals surface area contributed by atoms with E-state index in [1.54, 1.807) is 0 Å². The van der Waals surface area contributed by atoms with Crippen LogP contribution in [0.5, 0.6) is 5.75 Å². The number of ether oxygens (including phenoxy) is 1. The number of benzene rings is 1. The van der Waals surface area contributed by atoms with Crippen LogP contribution in [0.4, 0.5) is 0 Å². The lowest BCUT2D eigenvalue weighted by Crippen LogP contribution is -2.05. The quantitative estimate of drug-likeness (QED) is 0.916. The molecule has 1 aromatic carbocycles. The van der Waals surface area contributed by atoms with E-state index in [-0.39, 0.29) is 6.04 Å². The molecule has 2 N–H and O–H groups in total. The monoisotopic (exact) mass is 254 g/mol. The highest BCUT2D eigenvalue weighted by atomic mass is 16.5. The van der Waals surface area contributed by atoms with Crippen LogP contribution in [0.15, 0.2) is 36.4 Å². The predicted molar refractivity (Wildman–Crippen MR) is 75.0 cm³/mol. The lowest BCUT2D eigenvalue weighted by atomic mass is 10.1. The van der Waals surface area contributed by atoms with Gasteiger partial charge in [-0.25, -0.2) is 0 Å². The maximum Gasteiger partial charge on any atom is 0.130 e. The molecule has 0 saturated heterocycles. The van der Waals surface area contributed by atoms with E-state index in [0.717, 1.165) is 30.0 Å². The van der Waals surface area contributed by atoms with Gasteiger partial charge < -0.3 is 10.5 Å². The Morgan fingerprint density at radius 3 is 3.05 bits per heavy atom. The Bertz CT molecular complexity index is 595. The molecule has 3 nitrogen and oxygen atoms in total. The minimum Gasteiger partial charge on any atom is -0.487 e. The summed E-state index contributed by atoms with van der Waals surface area (Å²) in [6.45, 7) is 2.49. The lowest BCUT2D eigenvalue weighted by molar-refractivity contribution is 0.301. The SMILES string of the molecule is Cc1cccc(COc2ccc3c(c2)CCC3N)n1. The molecule has 1 aromatic heterocycles. The number of rotatable bonds is 3. The van der Waals surface area contributed by atoms with E-state index in [9.17, 15) is 0 Å². The fourth-order valence-electron chi connectivity index (χ4n) is 2.55. The van der Waals surface area contributed by atoms with Crippen LogP contribution < -0.4 is 10.5 Å². The molecule has 2 aromatic rings. The van der Waals surface area contributed by atoms with Gasteiger partial charge in [0.25, 0.3) is 0 Å². The summed E-state index contributed by atoms with van der Waals surface area (Å²) in [5, 5.41) is 0. The normalized spacial score (nSPS) is 17.3. The standard InChI is InChI=1S/C16H18N2O/c1-11-3-2-4-13(18-11)10-19-14-6-7-15-12(9-14)5-8-16(15)17/h2-4,6-7,9,16H,5,8,10,17H2,1H3. The number of hydrogen-bond donors (Lipinski definition) is 1. The number of hydrogen-bond acceptors (Lipinski definition) is 3. The van der Waals surface area contributed by atoms with Gasteiger partial charge in [-0.2, -0.15) is 0 Å². The molecule has 1 aliphatic carbocycles. The molecule has 0 aliphatic heterocycles. The van der Waals surface area contributed by atoms with Gasteiger partial charge >= 0.3 is 0 Å². The maximum absolute atomic E-state index is 6.03. The number of fused-ring (bicyclic) bond motifs is 1. The van der Waals surface area contributed by atoms with Crippen molar-refractivity contribution in [3.8, 4) is 5.75 Å². The molecule has 1 unspecified atom stereocenters. The summed E-state index contributed by atoms with van der Waals surface area (Å²) in [6, 6.07) is 12.4. The molecular formula is C16H18N2O. The summed E-state index contributed by atoms with van der Waals surface area (Å²) in [7, 11) is 0. The van der Waals surface area contributed by atoms with E-state index in [2.05, 4.69) is 17.1 Å². The third-order valence-electron chi connectivity index (χ3n) is 3.57. The number of aryl methyl sites for hydroxylation is 2. The average molecular weight is 254 g/mol. The van der Waals surface area contributed by atoms with Gasteiger partial charge in [0.2, 0.25) is 0 Å². The largest absolute Gasteiger partial charge is 0.487 e. The molecule has 3 rings (SSSR count). The summed E-state index contributed by atoms with van der Waals surface area (Å²) >= 11 is 0. The van der Waals surface area contributed by atoms with Crippen molar-refractivity contribution < 1.29 is 4.74 Å². The van der Waals surface area contributed by atoms with E-state index in [1.807, 2.05) is 31.2 Å². The summed E-state index contributed by atoms with van der Waals surface area (Å²) < 4.78 is 5.80. The van der Waals surface area contributed by atoms with Crippen LogP contribution in [0.25, 0.3) is 0 Å². The van der Waals surface area contributed by atoms with Gasteiger partial charge in [0.05, 0.1) is 5.69 Å². The molecule has 0 bridgehead atoms. The van der Waals surface area contributed by atoms with Gasteiger partial charge in [-0.3, -0.25) is 4.98 Å². The van der Waals surface area contributed by atoms with E-state index in [1.165, 1.54) is 11.1 Å². The molecule has 0 saturated carbocycles. The Hall–Kier alpha value is -1.87. The molecular weight excluding hydrogens is 236 g/mol. The second kappa shape index (κ2) is 5.02. The van der Waals surface area contributed by atoms with Crippen molar-refractivity contribution in [1.29, 1.82) is 0 Å². The first-order valence-electron chi connectivity index (χ1n) is 6.66. The third-order valence-corrected chi connectivity index (χ3v) is 3.57. The van der Waals surface area contributed by atoms with Gasteiger partial charge in [0.1, 0.15) is 12.4 Å². The number of nitrogens with zero attached hydrogens (tertiary/aromatic N) is 1. The zero-order valence-corrected chi connectivity index (χ0v) is 11.1. The smallest absolute Gasteiger partial charge is 0.130 e. The molecule has 0 fully saturated rings. The van der Waals surface area contributed by atoms with Gasteiger partial charge in [-0.05, 0) is 55.2 Å². The van der Waals surface area contributed by atoms with E-state index in [0.29, 0.717) is 6.61 Å².